The molecule has 0 unspecified atom stereocenters. The van der Waals surface area contributed by atoms with Crippen LogP contribution in [-0.4, -0.2) is 17.0 Å². The number of furan rings is 1. The van der Waals surface area contributed by atoms with Crippen molar-refractivity contribution in [3.8, 4) is 11.3 Å². The van der Waals surface area contributed by atoms with Crippen LogP contribution in [0.25, 0.3) is 11.3 Å². The Labute approximate surface area is 146 Å². The molecule has 0 radical (unpaired) electrons. The number of hydrogen-bond donors (Lipinski definition) is 1. The quantitative estimate of drug-likeness (QED) is 0.415. The lowest BCUT2D eigenvalue weighted by Gasteiger charge is -1.98. The number of carbonyl (C=O) groups excluding carboxylic acids is 1. The average molecular weight is 355 g/mol. The number of carbonyl (C=O) groups is 1. The predicted molar refractivity (Wildman–Crippen MR) is 94.6 cm³/mol. The van der Waals surface area contributed by atoms with Gasteiger partial charge in [0.1, 0.15) is 11.5 Å². The fourth-order valence-corrected chi connectivity index (χ4v) is 2.89. The largest absolute Gasteiger partial charge is 0.455 e. The van der Waals surface area contributed by atoms with Crippen LogP contribution >= 0.6 is 11.3 Å². The van der Waals surface area contributed by atoms with Crippen molar-refractivity contribution >= 4 is 29.1 Å². The summed E-state index contributed by atoms with van der Waals surface area (Å²) in [4.78, 5) is 23.3. The topological polar surface area (TPSA) is 97.7 Å². The molecule has 0 spiro atoms. The Morgan fingerprint density at radius 2 is 2.08 bits per heavy atom. The van der Waals surface area contributed by atoms with Crippen molar-refractivity contribution in [1.29, 1.82) is 0 Å². The standard InChI is InChI=1S/C17H13N3O4S/c21-17(10-13-4-3-9-25-13)19-18-11-12-7-8-16(24-12)14-5-1-2-6-15(14)20(22)23/h1-9,11H,10H2,(H,19,21)/b18-11-. The molecule has 1 N–H and O–H groups in total. The molecule has 3 aromatic rings. The van der Waals surface area contributed by atoms with Crippen LogP contribution in [0.1, 0.15) is 10.6 Å². The highest BCUT2D eigenvalue weighted by Gasteiger charge is 2.16. The minimum Gasteiger partial charge on any atom is -0.455 e. The predicted octanol–water partition coefficient (Wildman–Crippen LogP) is 3.61. The van der Waals surface area contributed by atoms with E-state index in [2.05, 4.69) is 10.5 Å². The third kappa shape index (κ3) is 4.18. The summed E-state index contributed by atoms with van der Waals surface area (Å²) in [6.45, 7) is 0. The number of benzene rings is 1. The molecule has 2 aromatic heterocycles. The van der Waals surface area contributed by atoms with E-state index in [1.165, 1.54) is 23.6 Å². The van der Waals surface area contributed by atoms with E-state index in [0.717, 1.165) is 4.88 Å². The summed E-state index contributed by atoms with van der Waals surface area (Å²) in [5.41, 5.74) is 2.76. The number of nitro groups is 1. The van der Waals surface area contributed by atoms with Crippen molar-refractivity contribution in [2.75, 3.05) is 0 Å². The molecule has 0 saturated carbocycles. The molecule has 1 aromatic carbocycles. The van der Waals surface area contributed by atoms with E-state index in [0.29, 0.717) is 17.1 Å². The van der Waals surface area contributed by atoms with Crippen LogP contribution in [0.4, 0.5) is 5.69 Å². The van der Waals surface area contributed by atoms with Crippen LogP contribution in [0.15, 0.2) is 63.4 Å². The van der Waals surface area contributed by atoms with Gasteiger partial charge in [0.25, 0.3) is 5.69 Å². The zero-order chi connectivity index (χ0) is 17.6. The molecular weight excluding hydrogens is 342 g/mol. The van der Waals surface area contributed by atoms with Gasteiger partial charge in [0.05, 0.1) is 23.1 Å². The second kappa shape index (κ2) is 7.54. The fraction of sp³-hybridized carbons (Fsp3) is 0.0588. The number of para-hydroxylation sites is 1. The van der Waals surface area contributed by atoms with Gasteiger partial charge in [0, 0.05) is 10.9 Å². The first-order chi connectivity index (χ1) is 12.1. The lowest BCUT2D eigenvalue weighted by atomic mass is 10.1. The smallest absolute Gasteiger partial charge is 0.280 e. The Morgan fingerprint density at radius 1 is 1.24 bits per heavy atom. The van der Waals surface area contributed by atoms with Gasteiger partial charge < -0.3 is 4.42 Å². The van der Waals surface area contributed by atoms with Gasteiger partial charge in [-0.1, -0.05) is 18.2 Å². The maximum absolute atomic E-state index is 11.7. The first kappa shape index (κ1) is 16.6. The van der Waals surface area contributed by atoms with Gasteiger partial charge in [0.15, 0.2) is 0 Å². The fourth-order valence-electron chi connectivity index (χ4n) is 2.19. The maximum atomic E-state index is 11.7. The molecular formula is C17H13N3O4S. The summed E-state index contributed by atoms with van der Waals surface area (Å²) in [7, 11) is 0. The Kier molecular flexibility index (Phi) is 5.00. The zero-order valence-corrected chi connectivity index (χ0v) is 13.7. The molecule has 0 atom stereocenters. The summed E-state index contributed by atoms with van der Waals surface area (Å²) in [6, 6.07) is 13.3. The van der Waals surface area contributed by atoms with E-state index >= 15 is 0 Å². The molecule has 0 bridgehead atoms. The Hall–Kier alpha value is -3.26. The number of rotatable bonds is 6. The highest BCUT2D eigenvalue weighted by molar-refractivity contribution is 7.10. The first-order valence-electron chi connectivity index (χ1n) is 7.31. The monoisotopic (exact) mass is 355 g/mol. The number of nitrogens with zero attached hydrogens (tertiary/aromatic N) is 2. The highest BCUT2D eigenvalue weighted by Crippen LogP contribution is 2.30. The molecule has 126 valence electrons. The molecule has 0 saturated heterocycles. The lowest BCUT2D eigenvalue weighted by molar-refractivity contribution is -0.384. The summed E-state index contributed by atoms with van der Waals surface area (Å²) in [5.74, 6) is 0.507. The third-order valence-corrected chi connectivity index (χ3v) is 4.17. The molecule has 1 amide bonds. The molecule has 8 heteroatoms. The van der Waals surface area contributed by atoms with Crippen molar-refractivity contribution < 1.29 is 14.1 Å². The van der Waals surface area contributed by atoms with Gasteiger partial charge in [-0.05, 0) is 29.6 Å². The second-order valence-corrected chi connectivity index (χ2v) is 6.06. The molecule has 0 aliphatic heterocycles. The van der Waals surface area contributed by atoms with E-state index in [1.807, 2.05) is 17.5 Å². The van der Waals surface area contributed by atoms with Crippen LogP contribution in [0.3, 0.4) is 0 Å². The van der Waals surface area contributed by atoms with Crippen molar-refractivity contribution in [2.24, 2.45) is 5.10 Å². The Bertz CT molecular complexity index is 916. The molecule has 0 aliphatic rings. The van der Waals surface area contributed by atoms with Crippen molar-refractivity contribution in [3.05, 3.63) is 74.7 Å². The van der Waals surface area contributed by atoms with Gasteiger partial charge in [-0.25, -0.2) is 5.43 Å². The Balaban J connectivity index is 1.66. The van der Waals surface area contributed by atoms with Crippen molar-refractivity contribution in [1.82, 2.24) is 5.43 Å². The number of hydrazone groups is 1. The van der Waals surface area contributed by atoms with Crippen LogP contribution in [0.5, 0.6) is 0 Å². The molecule has 0 aliphatic carbocycles. The summed E-state index contributed by atoms with van der Waals surface area (Å²) >= 11 is 1.50. The van der Waals surface area contributed by atoms with Crippen LogP contribution in [-0.2, 0) is 11.2 Å². The Morgan fingerprint density at radius 3 is 2.84 bits per heavy atom. The van der Waals surface area contributed by atoms with Gasteiger partial charge in [-0.2, -0.15) is 5.10 Å². The van der Waals surface area contributed by atoms with Crippen LogP contribution in [0.2, 0.25) is 0 Å². The van der Waals surface area contributed by atoms with E-state index in [9.17, 15) is 14.9 Å². The van der Waals surface area contributed by atoms with Crippen molar-refractivity contribution in [2.45, 2.75) is 6.42 Å². The number of thiophene rings is 1. The third-order valence-electron chi connectivity index (χ3n) is 3.29. The van der Waals surface area contributed by atoms with E-state index in [1.54, 1.807) is 30.3 Å². The normalized spacial score (nSPS) is 10.9. The SMILES string of the molecule is O=C(Cc1cccs1)N/N=C\c1ccc(-c2ccccc2[N+](=O)[O-])o1. The van der Waals surface area contributed by atoms with Gasteiger partial charge in [-0.15, -0.1) is 11.3 Å². The molecule has 3 rings (SSSR count). The number of nitro benzene ring substituents is 1. The summed E-state index contributed by atoms with van der Waals surface area (Å²) < 4.78 is 5.55. The van der Waals surface area contributed by atoms with Gasteiger partial charge >= 0.3 is 0 Å². The van der Waals surface area contributed by atoms with Gasteiger partial charge in [-0.3, -0.25) is 14.9 Å². The lowest BCUT2D eigenvalue weighted by Crippen LogP contribution is -2.19. The molecule has 25 heavy (non-hydrogen) atoms. The van der Waals surface area contributed by atoms with Gasteiger partial charge in [0.2, 0.25) is 5.91 Å². The minimum atomic E-state index is -0.462. The maximum Gasteiger partial charge on any atom is 0.280 e. The molecule has 7 nitrogen and oxygen atoms in total. The highest BCUT2D eigenvalue weighted by atomic mass is 32.1. The van der Waals surface area contributed by atoms with Crippen LogP contribution < -0.4 is 5.43 Å². The van der Waals surface area contributed by atoms with Crippen LogP contribution in [0, 0.1) is 10.1 Å². The second-order valence-electron chi connectivity index (χ2n) is 5.03. The number of nitrogens with one attached hydrogen (secondary N) is 1. The van der Waals surface area contributed by atoms with Crippen molar-refractivity contribution in [3.63, 3.8) is 0 Å². The van der Waals surface area contributed by atoms with E-state index in [-0.39, 0.29) is 18.0 Å². The summed E-state index contributed by atoms with van der Waals surface area (Å²) in [6.07, 6.45) is 1.61. The average Bonchev–Trinajstić information content (AvgIpc) is 3.27. The number of hydrogen-bond acceptors (Lipinski definition) is 6. The van der Waals surface area contributed by atoms with E-state index in [4.69, 9.17) is 4.42 Å². The minimum absolute atomic E-state index is 0.0374. The molecule has 0 fully saturated rings. The zero-order valence-electron chi connectivity index (χ0n) is 12.9. The number of amides is 1. The first-order valence-corrected chi connectivity index (χ1v) is 8.19. The summed E-state index contributed by atoms with van der Waals surface area (Å²) in [5, 5.41) is 16.8. The molecule has 2 heterocycles. The van der Waals surface area contributed by atoms with E-state index < -0.39 is 4.92 Å².